The zero-order valence-electron chi connectivity index (χ0n) is 56.3. The van der Waals surface area contributed by atoms with Crippen molar-refractivity contribution in [1.29, 1.82) is 0 Å². The van der Waals surface area contributed by atoms with Crippen LogP contribution in [0.2, 0.25) is 0 Å². The molecule has 4 fully saturated rings. The highest BCUT2D eigenvalue weighted by Gasteiger charge is 2.64. The third kappa shape index (κ3) is 19.0. The van der Waals surface area contributed by atoms with E-state index in [1.807, 2.05) is 45.9 Å². The molecule has 25 heteroatoms. The predicted molar refractivity (Wildman–Crippen MR) is 332 cm³/mol. The summed E-state index contributed by atoms with van der Waals surface area (Å²) in [6.07, 6.45) is -5.92. The van der Waals surface area contributed by atoms with Gasteiger partial charge in [0, 0.05) is 84.4 Å². The van der Waals surface area contributed by atoms with E-state index in [2.05, 4.69) is 16.1 Å². The van der Waals surface area contributed by atoms with E-state index in [1.54, 1.807) is 53.7 Å². The van der Waals surface area contributed by atoms with Crippen molar-refractivity contribution < 1.29 is 112 Å². The first kappa shape index (κ1) is 76.6. The molecule has 0 amide bonds. The molecular weight excluding hydrogens is 1200 g/mol. The molecule has 6 heterocycles. The van der Waals surface area contributed by atoms with Crippen molar-refractivity contribution in [3.05, 3.63) is 70.1 Å². The van der Waals surface area contributed by atoms with Gasteiger partial charge >= 0.3 is 11.9 Å². The monoisotopic (exact) mass is 1300 g/mol. The van der Waals surface area contributed by atoms with Crippen LogP contribution in [0.4, 0.5) is 0 Å². The van der Waals surface area contributed by atoms with Crippen LogP contribution in [0.3, 0.4) is 0 Å². The zero-order valence-corrected chi connectivity index (χ0v) is 56.3. The van der Waals surface area contributed by atoms with E-state index in [9.17, 15) is 50.4 Å². The van der Waals surface area contributed by atoms with E-state index < -0.39 is 163 Å². The Bertz CT molecular complexity index is 2720. The summed E-state index contributed by atoms with van der Waals surface area (Å²) < 4.78 is 79.7. The summed E-state index contributed by atoms with van der Waals surface area (Å²) in [7, 11) is 5.61. The van der Waals surface area contributed by atoms with Crippen LogP contribution in [-0.2, 0) is 71.2 Å². The van der Waals surface area contributed by atoms with Crippen LogP contribution in [0.15, 0.2) is 80.3 Å². The van der Waals surface area contributed by atoms with Gasteiger partial charge in [0.25, 0.3) is 0 Å². The van der Waals surface area contributed by atoms with Gasteiger partial charge in [0.2, 0.25) is 5.79 Å². The lowest BCUT2D eigenvalue weighted by atomic mass is 9.75. The number of terminal acetylenes is 1. The van der Waals surface area contributed by atoms with Crippen molar-refractivity contribution in [3.8, 4) is 12.3 Å². The molecule has 0 unspecified atom stereocenters. The molecule has 25 nitrogen and oxygen atoms in total. The summed E-state index contributed by atoms with van der Waals surface area (Å²) in [5, 5.41) is 102. The maximum atomic E-state index is 14.6. The third-order valence-corrected chi connectivity index (χ3v) is 18.5. The topological polar surface area (TPSA) is 341 Å². The SMILES string of the molecule is C#CCCC1(CCC(=O)O[C@H]2[C@H](O)[C@H](O[C@@H]3/C(C)=C/C(C)=C/C(C)=C/[C@@H](O)[C@@H](OC)C[C@@H]([C@@H](C)[C@]4(O)O[C@H](CCCOC)[C@@](C)(O[C@H]5C[C@H](O)[C@H](O[C@H]6C[C@@](C)(O)[C@H](O)[C@@H](C)O6)[C@@H](C)O5)[C@H](O)[C@H]4OC)OC(=O)/C(C)=C/C(OC)=C/C(C)=C/[C@H]3C)O[C@@H](C)[C@@H]2O)N=N1. The molecule has 0 saturated carbocycles. The standard InChI is InChI=1S/C67H104N2O23/c1-18-19-23-66(68-69-66)24-22-51(72)88-58-54(73)42(9)86-63(55(58)74)90-56-38(5)27-35(2)26-36(3)30-46(70)49(82-16)33-48(87-62(77)40(7)31-45(81-15)29-37(4)28-39(56)6)41(8)67(79)61(83-17)60(76)65(13,50(91-67)21-20-25-80-14)92-52-32-47(71)57(43(10)84-52)89-53-34-64(12,78)59(75)44(11)85-53/h1,26-31,39,41-44,46-50,52-61,63,70-71,73-76,78-79H,19-25,32-34H2,2-17H3/b35-26+,36-30+,37-28+,38-27+,40-31+,45-29-/t39-,41-,42+,43-,44-,46-,47+,48+,49+,50-,52+,53+,54+,55+,56-,57-,58-,59-,60-,61-,63+,64-,65-,67+/m1/s1. The van der Waals surface area contributed by atoms with E-state index >= 15 is 0 Å². The fourth-order valence-corrected chi connectivity index (χ4v) is 13.0. The number of carbonyl (C=O) groups excluding carboxylic acids is 2. The molecule has 0 aromatic heterocycles. The molecule has 4 saturated heterocycles. The summed E-state index contributed by atoms with van der Waals surface area (Å²) in [5.74, 6) is -2.92. The molecule has 6 aliphatic heterocycles. The highest BCUT2D eigenvalue weighted by atomic mass is 16.7. The van der Waals surface area contributed by atoms with Crippen LogP contribution in [0, 0.1) is 24.2 Å². The van der Waals surface area contributed by atoms with Gasteiger partial charge in [-0.05, 0) is 99.8 Å². The van der Waals surface area contributed by atoms with Gasteiger partial charge in [-0.1, -0.05) is 54.9 Å². The van der Waals surface area contributed by atoms with Crippen molar-refractivity contribution in [3.63, 3.8) is 0 Å². The average Bonchev–Trinajstić information content (AvgIpc) is 0.948. The molecule has 92 heavy (non-hydrogen) atoms. The van der Waals surface area contributed by atoms with Gasteiger partial charge < -0.3 is 102 Å². The average molecular weight is 1310 g/mol. The van der Waals surface area contributed by atoms with Crippen molar-refractivity contribution in [1.82, 2.24) is 0 Å². The number of hydrogen-bond donors (Lipinski definition) is 8. The molecule has 24 atom stereocenters. The van der Waals surface area contributed by atoms with Crippen molar-refractivity contribution in [2.75, 3.05) is 35.0 Å². The van der Waals surface area contributed by atoms with Crippen LogP contribution in [-0.4, -0.2) is 227 Å². The van der Waals surface area contributed by atoms with E-state index in [4.69, 9.17) is 68.0 Å². The highest BCUT2D eigenvalue weighted by Crippen LogP contribution is 2.47. The second-order valence-corrected chi connectivity index (χ2v) is 26.2. The number of allylic oxidation sites excluding steroid dienone is 7. The van der Waals surface area contributed by atoms with Gasteiger partial charge in [0.05, 0.1) is 67.5 Å². The maximum Gasteiger partial charge on any atom is 0.334 e. The normalized spacial score (nSPS) is 43.8. The predicted octanol–water partition coefficient (Wildman–Crippen LogP) is 5.12. The summed E-state index contributed by atoms with van der Waals surface area (Å²) in [5.41, 5.74) is -1.25. The van der Waals surface area contributed by atoms with Gasteiger partial charge in [-0.3, -0.25) is 4.79 Å². The van der Waals surface area contributed by atoms with Gasteiger partial charge in [-0.15, -0.1) is 12.3 Å². The zero-order chi connectivity index (χ0) is 68.4. The number of esters is 2. The van der Waals surface area contributed by atoms with Crippen molar-refractivity contribution in [2.45, 2.75) is 280 Å². The first-order valence-electron chi connectivity index (χ1n) is 31.9. The molecule has 8 N–H and O–H groups in total. The molecule has 6 aliphatic rings. The quantitative estimate of drug-likeness (QED) is 0.0420. The van der Waals surface area contributed by atoms with E-state index in [-0.39, 0.29) is 56.5 Å². The lowest BCUT2D eigenvalue weighted by Crippen LogP contribution is -2.74. The van der Waals surface area contributed by atoms with E-state index in [0.29, 0.717) is 36.0 Å². The summed E-state index contributed by atoms with van der Waals surface area (Å²) >= 11 is 0. The van der Waals surface area contributed by atoms with Crippen LogP contribution in [0.1, 0.15) is 141 Å². The number of nitrogens with zero attached hydrogens (tertiary/aromatic N) is 2. The van der Waals surface area contributed by atoms with Crippen LogP contribution >= 0.6 is 0 Å². The molecule has 0 spiro atoms. The number of rotatable bonds is 21. The first-order valence-corrected chi connectivity index (χ1v) is 31.9. The number of aliphatic hydroxyl groups is 8. The smallest absolute Gasteiger partial charge is 0.334 e. The minimum atomic E-state index is -2.46. The van der Waals surface area contributed by atoms with E-state index in [0.717, 1.165) is 5.57 Å². The first-order chi connectivity index (χ1) is 43.2. The minimum absolute atomic E-state index is 0.0636. The molecule has 6 rings (SSSR count). The fourth-order valence-electron chi connectivity index (χ4n) is 13.0. The molecule has 0 radical (unpaired) electrons. The lowest BCUT2D eigenvalue weighted by Gasteiger charge is -2.57. The Labute approximate surface area is 541 Å². The molecular formula is C67H104N2O23. The van der Waals surface area contributed by atoms with Crippen LogP contribution in [0.25, 0.3) is 0 Å². The lowest BCUT2D eigenvalue weighted by molar-refractivity contribution is -0.416. The van der Waals surface area contributed by atoms with Crippen molar-refractivity contribution >= 4 is 11.9 Å². The highest BCUT2D eigenvalue weighted by molar-refractivity contribution is 5.88. The Morgan fingerprint density at radius 2 is 1.46 bits per heavy atom. The maximum absolute atomic E-state index is 14.6. The number of aliphatic hydroxyl groups excluding tert-OH is 6. The molecule has 520 valence electrons. The van der Waals surface area contributed by atoms with Gasteiger partial charge in [0.15, 0.2) is 30.6 Å². The fraction of sp³-hybridized carbons (Fsp3) is 0.761. The summed E-state index contributed by atoms with van der Waals surface area (Å²) in [4.78, 5) is 27.8. The third-order valence-electron chi connectivity index (χ3n) is 18.5. The van der Waals surface area contributed by atoms with Gasteiger partial charge in [0.1, 0.15) is 54.1 Å². The Balaban J connectivity index is 1.28. The number of hydrogen-bond acceptors (Lipinski definition) is 25. The molecule has 0 bridgehead atoms. The number of methoxy groups -OCH3 is 4. The van der Waals surface area contributed by atoms with Gasteiger partial charge in [-0.25, -0.2) is 4.79 Å². The number of cyclic esters (lactones) is 1. The minimum Gasteiger partial charge on any atom is -0.497 e. The Hall–Kier alpha value is -4.38. The second-order valence-electron chi connectivity index (χ2n) is 26.2. The van der Waals surface area contributed by atoms with E-state index in [1.165, 1.54) is 48.4 Å². The summed E-state index contributed by atoms with van der Waals surface area (Å²) in [6, 6.07) is 0. The number of ether oxygens (including phenoxy) is 13. The van der Waals surface area contributed by atoms with Crippen molar-refractivity contribution in [2.24, 2.45) is 22.1 Å². The van der Waals surface area contributed by atoms with Crippen LogP contribution < -0.4 is 0 Å². The Morgan fingerprint density at radius 1 is 0.783 bits per heavy atom. The Morgan fingerprint density at radius 3 is 2.07 bits per heavy atom. The number of carbonyl (C=O) groups is 2. The summed E-state index contributed by atoms with van der Waals surface area (Å²) in [6.45, 7) is 20.5. The molecule has 0 aromatic rings. The van der Waals surface area contributed by atoms with Crippen LogP contribution in [0.5, 0.6) is 0 Å². The van der Waals surface area contributed by atoms with Gasteiger partial charge in [-0.2, -0.15) is 10.2 Å². The Kier molecular flexibility index (Phi) is 27.5. The molecule has 0 aromatic carbocycles. The largest absolute Gasteiger partial charge is 0.497 e. The second kappa shape index (κ2) is 33.0. The molecule has 0 aliphatic carbocycles.